The van der Waals surface area contributed by atoms with E-state index in [2.05, 4.69) is 9.72 Å². The Balaban J connectivity index is 2.41. The Morgan fingerprint density at radius 3 is 2.94 bits per heavy atom. The highest BCUT2D eigenvalue weighted by Gasteiger charge is 2.18. The number of hydrogen-bond acceptors (Lipinski definition) is 3. The van der Waals surface area contributed by atoms with Gasteiger partial charge < -0.3 is 15.5 Å². The highest BCUT2D eigenvalue weighted by atomic mass is 19.1. The quantitative estimate of drug-likeness (QED) is 0.814. The molecule has 0 bridgehead atoms. The predicted octanol–water partition coefficient (Wildman–Crippen LogP) is 1.66. The average Bonchev–Trinajstić information content (AvgIpc) is 2.78. The van der Waals surface area contributed by atoms with Gasteiger partial charge in [-0.3, -0.25) is 4.79 Å². The number of aromatic nitrogens is 1. The normalized spacial score (nSPS) is 12.7. The first-order valence-electron chi connectivity index (χ1n) is 5.63. The minimum atomic E-state index is -0.783. The first kappa shape index (κ1) is 12.6. The summed E-state index contributed by atoms with van der Waals surface area (Å²) in [5, 5.41) is 0.495. The molecule has 0 aliphatic carbocycles. The molecule has 18 heavy (non-hydrogen) atoms. The maximum atomic E-state index is 13.8. The van der Waals surface area contributed by atoms with Crippen LogP contribution in [-0.4, -0.2) is 24.1 Å². The Bertz CT molecular complexity index is 592. The maximum absolute atomic E-state index is 13.8. The number of methoxy groups -OCH3 is 1. The number of carbonyl (C=O) groups is 1. The molecule has 1 heterocycles. The second-order valence-electron chi connectivity index (χ2n) is 4.26. The second-order valence-corrected chi connectivity index (χ2v) is 4.26. The van der Waals surface area contributed by atoms with Crippen LogP contribution in [0, 0.1) is 12.7 Å². The van der Waals surface area contributed by atoms with Crippen molar-refractivity contribution in [3.05, 3.63) is 35.3 Å². The summed E-state index contributed by atoms with van der Waals surface area (Å²) in [5.41, 5.74) is 8.06. The van der Waals surface area contributed by atoms with Gasteiger partial charge in [-0.15, -0.1) is 0 Å². The molecule has 1 aromatic carbocycles. The molecular formula is C13H15FN2O2. The van der Waals surface area contributed by atoms with Gasteiger partial charge in [0.2, 0.25) is 0 Å². The van der Waals surface area contributed by atoms with E-state index in [0.29, 0.717) is 10.9 Å². The molecule has 1 atom stereocenters. The Hall–Kier alpha value is -1.88. The van der Waals surface area contributed by atoms with Crippen LogP contribution in [-0.2, 0) is 16.0 Å². The number of ether oxygens (including phenoxy) is 1. The number of benzene rings is 1. The van der Waals surface area contributed by atoms with E-state index in [4.69, 9.17) is 5.73 Å². The summed E-state index contributed by atoms with van der Waals surface area (Å²) in [6.07, 6.45) is 1.93. The molecule has 5 heteroatoms. The monoisotopic (exact) mass is 250 g/mol. The van der Waals surface area contributed by atoms with Gasteiger partial charge in [-0.05, 0) is 24.1 Å². The molecule has 1 aromatic heterocycles. The van der Waals surface area contributed by atoms with Crippen LogP contribution >= 0.6 is 0 Å². The molecule has 0 saturated carbocycles. The standard InChI is InChI=1S/C13H15FN2O2/c1-7-3-4-9(14)11-8(6-16-12(7)11)5-10(15)13(17)18-2/h3-4,6,10,16H,5,15H2,1-2H3. The average molecular weight is 250 g/mol. The third kappa shape index (κ3) is 2.09. The van der Waals surface area contributed by atoms with E-state index < -0.39 is 12.0 Å². The van der Waals surface area contributed by atoms with Crippen molar-refractivity contribution in [1.29, 1.82) is 0 Å². The van der Waals surface area contributed by atoms with Crippen LogP contribution in [0.5, 0.6) is 0 Å². The van der Waals surface area contributed by atoms with Crippen LogP contribution < -0.4 is 5.73 Å². The zero-order chi connectivity index (χ0) is 13.3. The van der Waals surface area contributed by atoms with E-state index in [1.54, 1.807) is 12.3 Å². The number of aromatic amines is 1. The van der Waals surface area contributed by atoms with Gasteiger partial charge in [-0.1, -0.05) is 6.07 Å². The number of hydrogen-bond donors (Lipinski definition) is 2. The van der Waals surface area contributed by atoms with E-state index in [0.717, 1.165) is 11.1 Å². The van der Waals surface area contributed by atoms with Crippen molar-refractivity contribution >= 4 is 16.9 Å². The summed E-state index contributed by atoms with van der Waals surface area (Å²) in [4.78, 5) is 14.3. The minimum Gasteiger partial charge on any atom is -0.468 e. The Morgan fingerprint density at radius 2 is 2.28 bits per heavy atom. The number of fused-ring (bicyclic) bond motifs is 1. The van der Waals surface area contributed by atoms with Gasteiger partial charge in [-0.25, -0.2) is 4.39 Å². The van der Waals surface area contributed by atoms with Gasteiger partial charge >= 0.3 is 5.97 Å². The molecular weight excluding hydrogens is 235 g/mol. The number of nitrogens with two attached hydrogens (primary N) is 1. The summed E-state index contributed by atoms with van der Waals surface area (Å²) in [6, 6.07) is 2.34. The van der Waals surface area contributed by atoms with Crippen LogP contribution in [0.3, 0.4) is 0 Å². The second kappa shape index (κ2) is 4.78. The zero-order valence-corrected chi connectivity index (χ0v) is 10.3. The largest absolute Gasteiger partial charge is 0.468 e. The molecule has 0 amide bonds. The number of rotatable bonds is 3. The molecule has 3 N–H and O–H groups in total. The highest BCUT2D eigenvalue weighted by Crippen LogP contribution is 2.25. The van der Waals surface area contributed by atoms with E-state index in [9.17, 15) is 9.18 Å². The van der Waals surface area contributed by atoms with Crippen molar-refractivity contribution in [2.24, 2.45) is 5.73 Å². The Morgan fingerprint density at radius 1 is 1.56 bits per heavy atom. The topological polar surface area (TPSA) is 68.1 Å². The molecule has 0 radical (unpaired) electrons. The van der Waals surface area contributed by atoms with Crippen molar-refractivity contribution < 1.29 is 13.9 Å². The summed E-state index contributed by atoms with van der Waals surface area (Å²) < 4.78 is 18.4. The van der Waals surface area contributed by atoms with Crippen molar-refractivity contribution in [2.75, 3.05) is 7.11 Å². The van der Waals surface area contributed by atoms with Crippen LogP contribution in [0.4, 0.5) is 4.39 Å². The lowest BCUT2D eigenvalue weighted by atomic mass is 10.0. The lowest BCUT2D eigenvalue weighted by Crippen LogP contribution is -2.33. The molecule has 0 aliphatic rings. The maximum Gasteiger partial charge on any atom is 0.322 e. The SMILES string of the molecule is COC(=O)C(N)Cc1c[nH]c2c(C)ccc(F)c12. The first-order chi connectivity index (χ1) is 8.54. The van der Waals surface area contributed by atoms with Crippen molar-refractivity contribution in [3.63, 3.8) is 0 Å². The number of carbonyl (C=O) groups excluding carboxylic acids is 1. The first-order valence-corrected chi connectivity index (χ1v) is 5.63. The van der Waals surface area contributed by atoms with Gasteiger partial charge in [0.05, 0.1) is 12.6 Å². The fraction of sp³-hybridized carbons (Fsp3) is 0.308. The number of aryl methyl sites for hydroxylation is 1. The number of esters is 1. The van der Waals surface area contributed by atoms with Crippen LogP contribution in [0.25, 0.3) is 10.9 Å². The fourth-order valence-corrected chi connectivity index (χ4v) is 2.05. The van der Waals surface area contributed by atoms with Crippen molar-refractivity contribution in [2.45, 2.75) is 19.4 Å². The molecule has 2 rings (SSSR count). The highest BCUT2D eigenvalue weighted by molar-refractivity contribution is 5.87. The smallest absolute Gasteiger partial charge is 0.322 e. The zero-order valence-electron chi connectivity index (χ0n) is 10.3. The van der Waals surface area contributed by atoms with Crippen molar-refractivity contribution in [3.8, 4) is 0 Å². The van der Waals surface area contributed by atoms with Gasteiger partial charge in [0.25, 0.3) is 0 Å². The minimum absolute atomic E-state index is 0.243. The van der Waals surface area contributed by atoms with Gasteiger partial charge in [0.15, 0.2) is 0 Å². The van der Waals surface area contributed by atoms with Crippen molar-refractivity contribution in [1.82, 2.24) is 4.98 Å². The summed E-state index contributed by atoms with van der Waals surface area (Å²) in [5.74, 6) is -0.818. The molecule has 96 valence electrons. The lowest BCUT2D eigenvalue weighted by molar-refractivity contribution is -0.142. The predicted molar refractivity (Wildman–Crippen MR) is 66.7 cm³/mol. The molecule has 0 aliphatic heterocycles. The Kier molecular flexibility index (Phi) is 3.34. The van der Waals surface area contributed by atoms with Gasteiger partial charge in [-0.2, -0.15) is 0 Å². The van der Waals surface area contributed by atoms with E-state index in [1.165, 1.54) is 13.2 Å². The summed E-state index contributed by atoms with van der Waals surface area (Å²) >= 11 is 0. The lowest BCUT2D eigenvalue weighted by Gasteiger charge is -2.08. The third-order valence-electron chi connectivity index (χ3n) is 3.02. The molecule has 2 aromatic rings. The third-order valence-corrected chi connectivity index (χ3v) is 3.02. The molecule has 0 spiro atoms. The van der Waals surface area contributed by atoms with Gasteiger partial charge in [0.1, 0.15) is 11.9 Å². The van der Waals surface area contributed by atoms with E-state index in [-0.39, 0.29) is 12.2 Å². The van der Waals surface area contributed by atoms with Gasteiger partial charge in [0, 0.05) is 18.0 Å². The Labute approximate surface area is 104 Å². The van der Waals surface area contributed by atoms with Crippen LogP contribution in [0.1, 0.15) is 11.1 Å². The number of halogens is 1. The van der Waals surface area contributed by atoms with Crippen LogP contribution in [0.15, 0.2) is 18.3 Å². The molecule has 4 nitrogen and oxygen atoms in total. The van der Waals surface area contributed by atoms with Crippen LogP contribution in [0.2, 0.25) is 0 Å². The summed E-state index contributed by atoms with van der Waals surface area (Å²) in [7, 11) is 1.28. The van der Waals surface area contributed by atoms with E-state index >= 15 is 0 Å². The fourth-order valence-electron chi connectivity index (χ4n) is 2.05. The molecule has 0 saturated heterocycles. The summed E-state index contributed by atoms with van der Waals surface area (Å²) in [6.45, 7) is 1.89. The van der Waals surface area contributed by atoms with E-state index in [1.807, 2.05) is 6.92 Å². The number of H-pyrrole nitrogens is 1. The number of nitrogens with one attached hydrogen (secondary N) is 1. The molecule has 0 fully saturated rings. The molecule has 1 unspecified atom stereocenters.